The van der Waals surface area contributed by atoms with Crippen LogP contribution < -0.4 is 4.74 Å². The number of amides is 1. The third-order valence-corrected chi connectivity index (χ3v) is 7.39. The van der Waals surface area contributed by atoms with Crippen molar-refractivity contribution in [1.82, 2.24) is 9.80 Å². The lowest BCUT2D eigenvalue weighted by molar-refractivity contribution is -0.140. The summed E-state index contributed by atoms with van der Waals surface area (Å²) in [4.78, 5) is 30.5. The van der Waals surface area contributed by atoms with Crippen LogP contribution in [0.1, 0.15) is 48.6 Å². The van der Waals surface area contributed by atoms with Crippen molar-refractivity contribution < 1.29 is 24.2 Å². The molecule has 3 aliphatic heterocycles. The lowest BCUT2D eigenvalue weighted by Gasteiger charge is -2.29. The molecule has 1 amide bonds. The van der Waals surface area contributed by atoms with E-state index >= 15 is 0 Å². The molecular weight excluding hydrogens is 456 g/mol. The van der Waals surface area contributed by atoms with E-state index in [0.29, 0.717) is 12.1 Å². The van der Waals surface area contributed by atoms with Crippen molar-refractivity contribution in [1.29, 1.82) is 0 Å². The number of carbonyl (C=O) groups excluding carboxylic acids is 2. The number of aryl methyl sites for hydroxylation is 1. The van der Waals surface area contributed by atoms with Gasteiger partial charge in [0, 0.05) is 38.2 Å². The second-order valence-corrected chi connectivity index (χ2v) is 9.85. The second kappa shape index (κ2) is 10.4. The molecule has 0 aromatic heterocycles. The number of aliphatic hydroxyl groups excluding tert-OH is 1. The molecule has 0 bridgehead atoms. The SMILES string of the molecule is CCc1ccc(C2/C(=C(\O)c3ccc4c(c3)CC(C)O4)C(=O)C(=O)N2CCCN2CCOCC2)cc1. The summed E-state index contributed by atoms with van der Waals surface area (Å²) in [7, 11) is 0. The van der Waals surface area contributed by atoms with Gasteiger partial charge in [0.2, 0.25) is 0 Å². The molecule has 0 spiro atoms. The minimum atomic E-state index is -0.631. The molecule has 2 saturated heterocycles. The van der Waals surface area contributed by atoms with Crippen LogP contribution in [-0.4, -0.2) is 72.1 Å². The Kier molecular flexibility index (Phi) is 7.12. The van der Waals surface area contributed by atoms with E-state index in [2.05, 4.69) is 11.8 Å². The number of nitrogens with zero attached hydrogens (tertiary/aromatic N) is 2. The Labute approximate surface area is 212 Å². The largest absolute Gasteiger partial charge is 0.507 e. The monoisotopic (exact) mass is 490 g/mol. The highest BCUT2D eigenvalue weighted by Gasteiger charge is 2.46. The summed E-state index contributed by atoms with van der Waals surface area (Å²) in [6, 6.07) is 12.8. The van der Waals surface area contributed by atoms with Gasteiger partial charge in [0.15, 0.2) is 0 Å². The van der Waals surface area contributed by atoms with Crippen molar-refractivity contribution in [2.24, 2.45) is 0 Å². The number of hydrogen-bond acceptors (Lipinski definition) is 6. The summed E-state index contributed by atoms with van der Waals surface area (Å²) in [5.74, 6) is -0.514. The molecule has 7 nitrogen and oxygen atoms in total. The molecule has 2 aromatic rings. The topological polar surface area (TPSA) is 79.3 Å². The van der Waals surface area contributed by atoms with Crippen molar-refractivity contribution in [2.75, 3.05) is 39.4 Å². The molecule has 36 heavy (non-hydrogen) atoms. The zero-order valence-corrected chi connectivity index (χ0v) is 21.0. The average molecular weight is 491 g/mol. The number of fused-ring (bicyclic) bond motifs is 1. The summed E-state index contributed by atoms with van der Waals surface area (Å²) in [5, 5.41) is 11.4. The minimum Gasteiger partial charge on any atom is -0.507 e. The molecule has 0 radical (unpaired) electrons. The molecule has 0 saturated carbocycles. The van der Waals surface area contributed by atoms with E-state index in [1.165, 1.54) is 5.56 Å². The molecule has 190 valence electrons. The first-order chi connectivity index (χ1) is 17.5. The number of aliphatic hydroxyl groups is 1. The Morgan fingerprint density at radius 2 is 1.81 bits per heavy atom. The molecule has 5 rings (SSSR count). The molecule has 2 unspecified atom stereocenters. The highest BCUT2D eigenvalue weighted by Crippen LogP contribution is 2.40. The van der Waals surface area contributed by atoms with Crippen LogP contribution in [0.2, 0.25) is 0 Å². The number of carbonyl (C=O) groups is 2. The third kappa shape index (κ3) is 4.77. The number of morpholine rings is 1. The fourth-order valence-corrected chi connectivity index (χ4v) is 5.41. The van der Waals surface area contributed by atoms with E-state index < -0.39 is 17.7 Å². The maximum absolute atomic E-state index is 13.3. The van der Waals surface area contributed by atoms with Crippen LogP contribution in [0.25, 0.3) is 5.76 Å². The van der Waals surface area contributed by atoms with Crippen molar-refractivity contribution in [3.8, 4) is 5.75 Å². The Morgan fingerprint density at radius 3 is 2.53 bits per heavy atom. The van der Waals surface area contributed by atoms with Gasteiger partial charge in [-0.25, -0.2) is 0 Å². The van der Waals surface area contributed by atoms with Crippen LogP contribution in [0.4, 0.5) is 0 Å². The van der Waals surface area contributed by atoms with Gasteiger partial charge in [-0.3, -0.25) is 14.5 Å². The van der Waals surface area contributed by atoms with Gasteiger partial charge in [0.25, 0.3) is 11.7 Å². The van der Waals surface area contributed by atoms with E-state index in [-0.39, 0.29) is 17.4 Å². The first kappa shape index (κ1) is 24.5. The molecule has 1 N–H and O–H groups in total. The maximum atomic E-state index is 13.3. The summed E-state index contributed by atoms with van der Waals surface area (Å²) < 4.78 is 11.2. The summed E-state index contributed by atoms with van der Waals surface area (Å²) in [6.45, 7) is 8.55. The standard InChI is InChI=1S/C29H34N2O5/c1-3-20-5-7-21(8-6-20)26-25(27(32)22-9-10-24-23(18-22)17-19(2)36-24)28(33)29(34)31(26)12-4-11-30-13-15-35-16-14-30/h5-10,18-19,26,32H,3-4,11-17H2,1-2H3/b27-25+. The highest BCUT2D eigenvalue weighted by atomic mass is 16.5. The lowest BCUT2D eigenvalue weighted by Crippen LogP contribution is -2.38. The van der Waals surface area contributed by atoms with E-state index in [1.807, 2.05) is 43.3 Å². The Hall–Kier alpha value is -3.16. The zero-order chi connectivity index (χ0) is 25.2. The van der Waals surface area contributed by atoms with Crippen LogP contribution in [0.3, 0.4) is 0 Å². The van der Waals surface area contributed by atoms with Gasteiger partial charge in [-0.1, -0.05) is 31.2 Å². The minimum absolute atomic E-state index is 0.0755. The van der Waals surface area contributed by atoms with Gasteiger partial charge in [-0.2, -0.15) is 0 Å². The van der Waals surface area contributed by atoms with E-state index in [4.69, 9.17) is 9.47 Å². The number of Topliss-reactive ketones (excluding diaryl/α,β-unsaturated/α-hetero) is 1. The van der Waals surface area contributed by atoms with Gasteiger partial charge in [-0.15, -0.1) is 0 Å². The smallest absolute Gasteiger partial charge is 0.295 e. The quantitative estimate of drug-likeness (QED) is 0.362. The molecule has 7 heteroatoms. The third-order valence-electron chi connectivity index (χ3n) is 7.39. The Balaban J connectivity index is 1.48. The van der Waals surface area contributed by atoms with Gasteiger partial charge < -0.3 is 19.5 Å². The first-order valence-corrected chi connectivity index (χ1v) is 12.9. The predicted octanol–water partition coefficient (Wildman–Crippen LogP) is 3.72. The molecule has 3 aliphatic rings. The van der Waals surface area contributed by atoms with Gasteiger partial charge in [-0.05, 0) is 54.7 Å². The fraction of sp³-hybridized carbons (Fsp3) is 0.448. The second-order valence-electron chi connectivity index (χ2n) is 9.85. The molecule has 2 aromatic carbocycles. The first-order valence-electron chi connectivity index (χ1n) is 12.9. The molecule has 0 aliphatic carbocycles. The molecule has 2 atom stereocenters. The van der Waals surface area contributed by atoms with Crippen LogP contribution in [0, 0.1) is 0 Å². The van der Waals surface area contributed by atoms with E-state index in [9.17, 15) is 14.7 Å². The summed E-state index contributed by atoms with van der Waals surface area (Å²) >= 11 is 0. The van der Waals surface area contributed by atoms with E-state index in [0.717, 1.165) is 69.0 Å². The lowest BCUT2D eigenvalue weighted by atomic mass is 9.93. The van der Waals surface area contributed by atoms with Crippen molar-refractivity contribution in [3.63, 3.8) is 0 Å². The number of benzene rings is 2. The van der Waals surface area contributed by atoms with E-state index in [1.54, 1.807) is 11.0 Å². The summed E-state index contributed by atoms with van der Waals surface area (Å²) in [6.07, 6.45) is 2.46. The van der Waals surface area contributed by atoms with Crippen molar-refractivity contribution >= 4 is 17.4 Å². The van der Waals surface area contributed by atoms with Gasteiger partial charge in [0.1, 0.15) is 17.6 Å². The predicted molar refractivity (Wildman–Crippen MR) is 137 cm³/mol. The van der Waals surface area contributed by atoms with Gasteiger partial charge in [0.05, 0.1) is 24.8 Å². The molecule has 3 heterocycles. The van der Waals surface area contributed by atoms with Crippen LogP contribution >= 0.6 is 0 Å². The summed E-state index contributed by atoms with van der Waals surface area (Å²) in [5.41, 5.74) is 3.69. The number of rotatable bonds is 7. The molecular formula is C29H34N2O5. The number of likely N-dealkylation sites (tertiary alicyclic amines) is 1. The van der Waals surface area contributed by atoms with Crippen molar-refractivity contribution in [3.05, 3.63) is 70.3 Å². The average Bonchev–Trinajstić information content (AvgIpc) is 3.40. The maximum Gasteiger partial charge on any atom is 0.295 e. The Bertz CT molecular complexity index is 1170. The number of ketones is 1. The molecule has 2 fully saturated rings. The normalized spacial score (nSPS) is 23.7. The zero-order valence-electron chi connectivity index (χ0n) is 21.0. The number of hydrogen-bond donors (Lipinski definition) is 1. The highest BCUT2D eigenvalue weighted by molar-refractivity contribution is 6.46. The van der Waals surface area contributed by atoms with Crippen LogP contribution in [0.5, 0.6) is 5.75 Å². The fourth-order valence-electron chi connectivity index (χ4n) is 5.41. The van der Waals surface area contributed by atoms with Gasteiger partial charge >= 0.3 is 0 Å². The van der Waals surface area contributed by atoms with Crippen LogP contribution in [0.15, 0.2) is 48.0 Å². The Morgan fingerprint density at radius 1 is 1.06 bits per heavy atom. The number of ether oxygens (including phenoxy) is 2. The van der Waals surface area contributed by atoms with Crippen LogP contribution in [-0.2, 0) is 27.2 Å². The van der Waals surface area contributed by atoms with Crippen molar-refractivity contribution in [2.45, 2.75) is 45.3 Å².